The molecule has 0 aliphatic carbocycles. The standard InChI is InChI=1S/C19H16ClN3O5S2/c20-12-7-8-15(23(26)27)14(10-12)21-17(24)11-28-18(25)6-3-9-29-19-22-13-4-1-2-5-16(13)30-19/h1-2,4-5,7-8,10H,3,6,9,11H2,(H,21,24). The summed E-state index contributed by atoms with van der Waals surface area (Å²) in [7, 11) is 0. The van der Waals surface area contributed by atoms with E-state index in [0.29, 0.717) is 12.2 Å². The Kier molecular flexibility index (Phi) is 7.61. The molecule has 0 saturated carbocycles. The minimum Gasteiger partial charge on any atom is -0.456 e. The number of nitrogens with zero attached hydrogens (tertiary/aromatic N) is 2. The van der Waals surface area contributed by atoms with E-state index in [1.165, 1.54) is 18.2 Å². The van der Waals surface area contributed by atoms with Crippen LogP contribution in [-0.2, 0) is 14.3 Å². The van der Waals surface area contributed by atoms with E-state index in [0.717, 1.165) is 14.6 Å². The topological polar surface area (TPSA) is 111 Å². The highest BCUT2D eigenvalue weighted by atomic mass is 35.5. The van der Waals surface area contributed by atoms with E-state index in [1.807, 2.05) is 24.3 Å². The van der Waals surface area contributed by atoms with Gasteiger partial charge in [-0.15, -0.1) is 11.3 Å². The Bertz CT molecular complexity index is 1060. The van der Waals surface area contributed by atoms with Gasteiger partial charge in [0.15, 0.2) is 10.9 Å². The first kappa shape index (κ1) is 22.0. The fourth-order valence-electron chi connectivity index (χ4n) is 2.46. The number of thiazole rings is 1. The number of anilines is 1. The summed E-state index contributed by atoms with van der Waals surface area (Å²) in [6.07, 6.45) is 0.725. The lowest BCUT2D eigenvalue weighted by Crippen LogP contribution is -2.21. The third-order valence-electron chi connectivity index (χ3n) is 3.82. The van der Waals surface area contributed by atoms with Crippen LogP contribution < -0.4 is 5.32 Å². The molecule has 0 aliphatic heterocycles. The summed E-state index contributed by atoms with van der Waals surface area (Å²) in [5.41, 5.74) is 0.599. The van der Waals surface area contributed by atoms with Crippen LogP contribution in [0.5, 0.6) is 0 Å². The number of esters is 1. The first-order valence-electron chi connectivity index (χ1n) is 8.80. The van der Waals surface area contributed by atoms with Gasteiger partial charge >= 0.3 is 5.97 Å². The van der Waals surface area contributed by atoms with Gasteiger partial charge in [0, 0.05) is 23.3 Å². The molecule has 1 N–H and O–H groups in total. The second-order valence-corrected chi connectivity index (χ2v) is 8.84. The fraction of sp³-hybridized carbons (Fsp3) is 0.211. The lowest BCUT2D eigenvalue weighted by Gasteiger charge is -2.07. The van der Waals surface area contributed by atoms with Crippen LogP contribution in [0.3, 0.4) is 0 Å². The van der Waals surface area contributed by atoms with Gasteiger partial charge in [0.1, 0.15) is 5.69 Å². The van der Waals surface area contributed by atoms with Crippen LogP contribution in [0.25, 0.3) is 10.2 Å². The number of nitro benzene ring substituents is 1. The van der Waals surface area contributed by atoms with Crippen LogP contribution in [0.4, 0.5) is 11.4 Å². The lowest BCUT2D eigenvalue weighted by molar-refractivity contribution is -0.383. The van der Waals surface area contributed by atoms with Crippen molar-refractivity contribution in [2.45, 2.75) is 17.2 Å². The van der Waals surface area contributed by atoms with Crippen molar-refractivity contribution >= 4 is 68.2 Å². The molecule has 0 atom stereocenters. The van der Waals surface area contributed by atoms with Crippen LogP contribution in [0.2, 0.25) is 5.02 Å². The van der Waals surface area contributed by atoms with Gasteiger partial charge in [0.25, 0.3) is 11.6 Å². The molecule has 1 amide bonds. The summed E-state index contributed by atoms with van der Waals surface area (Å²) in [5.74, 6) is -0.510. The number of hydrogen-bond donors (Lipinski definition) is 1. The molecular weight excluding hydrogens is 450 g/mol. The second-order valence-electron chi connectivity index (χ2n) is 6.03. The van der Waals surface area contributed by atoms with Gasteiger partial charge < -0.3 is 10.1 Å². The molecule has 30 heavy (non-hydrogen) atoms. The molecule has 3 aromatic rings. The average molecular weight is 466 g/mol. The largest absolute Gasteiger partial charge is 0.456 e. The molecule has 0 spiro atoms. The molecule has 3 rings (SSSR count). The first-order valence-corrected chi connectivity index (χ1v) is 11.0. The van der Waals surface area contributed by atoms with Crippen LogP contribution >= 0.6 is 34.7 Å². The van der Waals surface area contributed by atoms with Crippen molar-refractivity contribution in [2.75, 3.05) is 17.7 Å². The van der Waals surface area contributed by atoms with E-state index in [-0.39, 0.29) is 22.8 Å². The van der Waals surface area contributed by atoms with Gasteiger partial charge in [0.05, 0.1) is 15.1 Å². The summed E-state index contributed by atoms with van der Waals surface area (Å²) >= 11 is 8.97. The number of carbonyl (C=O) groups excluding carboxylic acids is 2. The van der Waals surface area contributed by atoms with Crippen molar-refractivity contribution in [1.29, 1.82) is 0 Å². The van der Waals surface area contributed by atoms with Gasteiger partial charge in [-0.3, -0.25) is 19.7 Å². The smallest absolute Gasteiger partial charge is 0.306 e. The monoisotopic (exact) mass is 465 g/mol. The summed E-state index contributed by atoms with van der Waals surface area (Å²) in [4.78, 5) is 38.6. The van der Waals surface area contributed by atoms with Crippen molar-refractivity contribution in [2.24, 2.45) is 0 Å². The number of carbonyl (C=O) groups is 2. The Labute approximate surface area is 184 Å². The van der Waals surface area contributed by atoms with Crippen molar-refractivity contribution in [1.82, 2.24) is 4.98 Å². The van der Waals surface area contributed by atoms with Crippen molar-refractivity contribution < 1.29 is 19.2 Å². The Morgan fingerprint density at radius 1 is 1.27 bits per heavy atom. The number of ether oxygens (including phenoxy) is 1. The number of para-hydroxylation sites is 1. The number of nitrogens with one attached hydrogen (secondary N) is 1. The van der Waals surface area contributed by atoms with E-state index < -0.39 is 23.4 Å². The lowest BCUT2D eigenvalue weighted by atomic mass is 10.2. The molecule has 0 fully saturated rings. The van der Waals surface area contributed by atoms with Gasteiger partial charge in [-0.25, -0.2) is 4.98 Å². The van der Waals surface area contributed by atoms with Crippen LogP contribution in [0.1, 0.15) is 12.8 Å². The number of nitro groups is 1. The molecule has 11 heteroatoms. The molecule has 1 aromatic heterocycles. The van der Waals surface area contributed by atoms with E-state index in [1.54, 1.807) is 23.1 Å². The van der Waals surface area contributed by atoms with Gasteiger partial charge in [0.2, 0.25) is 0 Å². The maximum atomic E-state index is 11.9. The van der Waals surface area contributed by atoms with Gasteiger partial charge in [-0.2, -0.15) is 0 Å². The molecule has 1 heterocycles. The minimum atomic E-state index is -0.683. The van der Waals surface area contributed by atoms with Crippen LogP contribution in [0, 0.1) is 10.1 Å². The third-order valence-corrected chi connectivity index (χ3v) is 6.32. The maximum absolute atomic E-state index is 11.9. The maximum Gasteiger partial charge on any atom is 0.306 e. The third kappa shape index (κ3) is 6.15. The molecule has 0 saturated heterocycles. The summed E-state index contributed by atoms with van der Waals surface area (Å²) in [6, 6.07) is 11.7. The van der Waals surface area contributed by atoms with Crippen LogP contribution in [0.15, 0.2) is 46.8 Å². The zero-order valence-corrected chi connectivity index (χ0v) is 17.9. The number of rotatable bonds is 9. The highest BCUT2D eigenvalue weighted by molar-refractivity contribution is 8.01. The Balaban J connectivity index is 1.38. The highest BCUT2D eigenvalue weighted by Crippen LogP contribution is 2.30. The molecule has 0 radical (unpaired) electrons. The van der Waals surface area contributed by atoms with E-state index in [2.05, 4.69) is 10.3 Å². The zero-order chi connectivity index (χ0) is 21.5. The number of hydrogen-bond acceptors (Lipinski definition) is 8. The van der Waals surface area contributed by atoms with E-state index >= 15 is 0 Å². The second kappa shape index (κ2) is 10.4. The Morgan fingerprint density at radius 3 is 2.83 bits per heavy atom. The predicted molar refractivity (Wildman–Crippen MR) is 117 cm³/mol. The average Bonchev–Trinajstić information content (AvgIpc) is 3.12. The summed E-state index contributed by atoms with van der Waals surface area (Å²) in [5, 5.41) is 13.6. The number of benzene rings is 2. The zero-order valence-electron chi connectivity index (χ0n) is 15.5. The fourth-order valence-corrected chi connectivity index (χ4v) is 4.71. The molecule has 0 unspecified atom stereocenters. The number of halogens is 1. The highest BCUT2D eigenvalue weighted by Gasteiger charge is 2.17. The molecule has 0 aliphatic rings. The number of thioether (sulfide) groups is 1. The number of amides is 1. The van der Waals surface area contributed by atoms with Crippen molar-refractivity contribution in [3.05, 3.63) is 57.6 Å². The summed E-state index contributed by atoms with van der Waals surface area (Å²) < 4.78 is 6.98. The number of fused-ring (bicyclic) bond motifs is 1. The quantitative estimate of drug-likeness (QED) is 0.157. The Hall–Kier alpha value is -2.69. The summed E-state index contributed by atoms with van der Waals surface area (Å²) in [6.45, 7) is -0.534. The van der Waals surface area contributed by atoms with Gasteiger partial charge in [-0.1, -0.05) is 35.5 Å². The molecule has 8 nitrogen and oxygen atoms in total. The molecule has 156 valence electrons. The minimum absolute atomic E-state index is 0.0548. The van der Waals surface area contributed by atoms with Crippen molar-refractivity contribution in [3.8, 4) is 0 Å². The van der Waals surface area contributed by atoms with E-state index in [9.17, 15) is 19.7 Å². The van der Waals surface area contributed by atoms with Gasteiger partial charge in [-0.05, 0) is 30.7 Å². The molecular formula is C19H16ClN3O5S2. The predicted octanol–water partition coefficient (Wildman–Crippen LogP) is 4.91. The Morgan fingerprint density at radius 2 is 2.07 bits per heavy atom. The SMILES string of the molecule is O=C(COC(=O)CCCSc1nc2ccccc2s1)Nc1cc(Cl)ccc1[N+](=O)[O-]. The normalized spacial score (nSPS) is 10.7. The van der Waals surface area contributed by atoms with E-state index in [4.69, 9.17) is 16.3 Å². The molecule has 2 aromatic carbocycles. The number of aromatic nitrogens is 1. The van der Waals surface area contributed by atoms with Crippen LogP contribution in [-0.4, -0.2) is 34.1 Å². The molecule has 0 bridgehead atoms. The first-order chi connectivity index (χ1) is 14.4. The van der Waals surface area contributed by atoms with Crippen molar-refractivity contribution in [3.63, 3.8) is 0 Å².